The summed E-state index contributed by atoms with van der Waals surface area (Å²) >= 11 is 0. The number of rotatable bonds is 46. The van der Waals surface area contributed by atoms with E-state index in [0.717, 1.165) is 77.0 Å². The highest BCUT2D eigenvalue weighted by Gasteiger charge is 2.19. The van der Waals surface area contributed by atoms with Gasteiger partial charge in [-0.3, -0.25) is 14.4 Å². The molecule has 0 heterocycles. The van der Waals surface area contributed by atoms with E-state index in [1.807, 2.05) is 0 Å². The van der Waals surface area contributed by atoms with Crippen molar-refractivity contribution in [1.29, 1.82) is 0 Å². The van der Waals surface area contributed by atoms with Gasteiger partial charge in [0, 0.05) is 19.3 Å². The van der Waals surface area contributed by atoms with Gasteiger partial charge in [-0.05, 0) is 96.3 Å². The van der Waals surface area contributed by atoms with Crippen LogP contribution in [0.2, 0.25) is 0 Å². The van der Waals surface area contributed by atoms with E-state index in [1.165, 1.54) is 148 Å². The monoisotopic (exact) mass is 829 g/mol. The van der Waals surface area contributed by atoms with Crippen molar-refractivity contribution >= 4 is 17.9 Å². The molecule has 6 nitrogen and oxygen atoms in total. The molecule has 0 bridgehead atoms. The normalized spacial score (nSPS) is 12.3. The molecule has 0 rings (SSSR count). The fourth-order valence-corrected chi connectivity index (χ4v) is 7.19. The van der Waals surface area contributed by atoms with Crippen molar-refractivity contribution in [2.45, 2.75) is 271 Å². The molecule has 1 unspecified atom stereocenters. The van der Waals surface area contributed by atoms with Gasteiger partial charge in [0.05, 0.1) is 0 Å². The molecule has 0 fully saturated rings. The van der Waals surface area contributed by atoms with Gasteiger partial charge in [-0.25, -0.2) is 0 Å². The van der Waals surface area contributed by atoms with E-state index >= 15 is 0 Å². The van der Waals surface area contributed by atoms with E-state index in [4.69, 9.17) is 14.2 Å². The quantitative estimate of drug-likeness (QED) is 0.0263. The number of esters is 3. The lowest BCUT2D eigenvalue weighted by atomic mass is 10.1. The second kappa shape index (κ2) is 48.3. The Hall–Kier alpha value is -2.37. The Labute approximate surface area is 365 Å². The molecule has 0 aromatic carbocycles. The maximum atomic E-state index is 12.8. The second-order valence-electron chi connectivity index (χ2n) is 17.1. The van der Waals surface area contributed by atoms with Crippen LogP contribution in [0.25, 0.3) is 0 Å². The average Bonchev–Trinajstić information content (AvgIpc) is 3.23. The van der Waals surface area contributed by atoms with Crippen LogP contribution >= 0.6 is 0 Å². The van der Waals surface area contributed by atoms with E-state index in [2.05, 4.69) is 57.2 Å². The van der Waals surface area contributed by atoms with Crippen LogP contribution in [0.4, 0.5) is 0 Å². The SMILES string of the molecule is CCCCC/C=C\CCCCCCCC(=O)OCC(COC(=O)CCCCCCCCC/C=C\CCCCCC)OC(=O)CCCCC/C=C\CCCCCCCCC. The minimum atomic E-state index is -0.782. The molecule has 0 aromatic heterocycles. The molecule has 0 aliphatic carbocycles. The molecule has 0 spiro atoms. The molecule has 0 saturated heterocycles. The number of hydrogen-bond acceptors (Lipinski definition) is 6. The fourth-order valence-electron chi connectivity index (χ4n) is 7.19. The van der Waals surface area contributed by atoms with Crippen LogP contribution in [-0.2, 0) is 28.6 Å². The van der Waals surface area contributed by atoms with Gasteiger partial charge in [0.1, 0.15) is 13.2 Å². The minimum Gasteiger partial charge on any atom is -0.462 e. The van der Waals surface area contributed by atoms with Gasteiger partial charge in [-0.2, -0.15) is 0 Å². The van der Waals surface area contributed by atoms with Gasteiger partial charge in [0.2, 0.25) is 0 Å². The Balaban J connectivity index is 4.39. The van der Waals surface area contributed by atoms with E-state index in [9.17, 15) is 14.4 Å². The Bertz CT molecular complexity index is 1000. The fraction of sp³-hybridized carbons (Fsp3) is 0.830. The minimum absolute atomic E-state index is 0.0817. The smallest absolute Gasteiger partial charge is 0.306 e. The van der Waals surface area contributed by atoms with Gasteiger partial charge in [-0.1, -0.05) is 186 Å². The lowest BCUT2D eigenvalue weighted by Gasteiger charge is -2.18. The van der Waals surface area contributed by atoms with Gasteiger partial charge in [0.15, 0.2) is 6.10 Å². The molecule has 0 radical (unpaired) electrons. The summed E-state index contributed by atoms with van der Waals surface area (Å²) in [7, 11) is 0. The van der Waals surface area contributed by atoms with Crippen molar-refractivity contribution in [1.82, 2.24) is 0 Å². The molecule has 1 atom stereocenters. The third-order valence-electron chi connectivity index (χ3n) is 11.1. The summed E-state index contributed by atoms with van der Waals surface area (Å²) in [6.45, 7) is 6.58. The van der Waals surface area contributed by atoms with E-state index in [0.29, 0.717) is 19.3 Å². The first-order chi connectivity index (χ1) is 29.0. The largest absolute Gasteiger partial charge is 0.462 e. The van der Waals surface area contributed by atoms with Crippen molar-refractivity contribution in [2.24, 2.45) is 0 Å². The summed E-state index contributed by atoms with van der Waals surface area (Å²) in [5, 5.41) is 0. The van der Waals surface area contributed by atoms with Crippen LogP contribution in [0, 0.1) is 0 Å². The summed E-state index contributed by atoms with van der Waals surface area (Å²) in [5.74, 6) is -0.904. The zero-order valence-electron chi connectivity index (χ0n) is 39.3. The number of ether oxygens (including phenoxy) is 3. The summed E-state index contributed by atoms with van der Waals surface area (Å²) < 4.78 is 16.8. The number of allylic oxidation sites excluding steroid dienone is 6. The Morgan fingerprint density at radius 1 is 0.322 bits per heavy atom. The average molecular weight is 829 g/mol. The molecule has 0 saturated carbocycles. The zero-order chi connectivity index (χ0) is 43.0. The number of carbonyl (C=O) groups excluding carboxylic acids is 3. The van der Waals surface area contributed by atoms with Crippen LogP contribution in [0.15, 0.2) is 36.5 Å². The van der Waals surface area contributed by atoms with Crippen LogP contribution in [-0.4, -0.2) is 37.2 Å². The van der Waals surface area contributed by atoms with Crippen molar-refractivity contribution in [3.8, 4) is 0 Å². The van der Waals surface area contributed by atoms with Crippen LogP contribution < -0.4 is 0 Å². The van der Waals surface area contributed by atoms with Crippen molar-refractivity contribution in [3.63, 3.8) is 0 Å². The Morgan fingerprint density at radius 2 is 0.559 bits per heavy atom. The van der Waals surface area contributed by atoms with Crippen molar-refractivity contribution in [2.75, 3.05) is 13.2 Å². The van der Waals surface area contributed by atoms with E-state index < -0.39 is 6.10 Å². The number of carbonyl (C=O) groups is 3. The maximum absolute atomic E-state index is 12.8. The first kappa shape index (κ1) is 56.6. The first-order valence-corrected chi connectivity index (χ1v) is 25.5. The summed E-state index contributed by atoms with van der Waals surface area (Å²) in [6.07, 6.45) is 55.5. The molecule has 0 N–H and O–H groups in total. The topological polar surface area (TPSA) is 78.9 Å². The standard InChI is InChI=1S/C53H96O6/c1-4-7-10-13-16-19-22-25-27-29-31-34-37-40-43-46-52(55)58-49-50(48-57-51(54)45-42-39-36-33-30-24-21-18-15-12-9-6-3)59-53(56)47-44-41-38-35-32-28-26-23-20-17-14-11-8-5-2/h18-19,21-22,28,32,50H,4-17,20,23-27,29-31,33-49H2,1-3H3/b21-18-,22-19-,32-28-. The van der Waals surface area contributed by atoms with E-state index in [-0.39, 0.29) is 31.1 Å². The zero-order valence-corrected chi connectivity index (χ0v) is 39.3. The van der Waals surface area contributed by atoms with Gasteiger partial charge in [-0.15, -0.1) is 0 Å². The van der Waals surface area contributed by atoms with Crippen LogP contribution in [0.1, 0.15) is 265 Å². The second-order valence-corrected chi connectivity index (χ2v) is 17.1. The molecular formula is C53H96O6. The van der Waals surface area contributed by atoms with Gasteiger partial charge < -0.3 is 14.2 Å². The highest BCUT2D eigenvalue weighted by molar-refractivity contribution is 5.71. The van der Waals surface area contributed by atoms with Crippen molar-refractivity contribution < 1.29 is 28.6 Å². The highest BCUT2D eigenvalue weighted by atomic mass is 16.6. The third-order valence-corrected chi connectivity index (χ3v) is 11.1. The van der Waals surface area contributed by atoms with E-state index in [1.54, 1.807) is 0 Å². The van der Waals surface area contributed by atoms with Crippen LogP contribution in [0.5, 0.6) is 0 Å². The lowest BCUT2D eigenvalue weighted by Crippen LogP contribution is -2.30. The summed E-state index contributed by atoms with van der Waals surface area (Å²) in [4.78, 5) is 37.9. The molecule has 59 heavy (non-hydrogen) atoms. The lowest BCUT2D eigenvalue weighted by molar-refractivity contribution is -0.167. The molecule has 344 valence electrons. The molecule has 0 aliphatic rings. The van der Waals surface area contributed by atoms with Gasteiger partial charge >= 0.3 is 17.9 Å². The predicted molar refractivity (Wildman–Crippen MR) is 252 cm³/mol. The molecule has 0 aromatic rings. The number of hydrogen-bond donors (Lipinski definition) is 0. The predicted octanol–water partition coefficient (Wildman–Crippen LogP) is 16.5. The van der Waals surface area contributed by atoms with Crippen LogP contribution in [0.3, 0.4) is 0 Å². The summed E-state index contributed by atoms with van der Waals surface area (Å²) in [5.41, 5.74) is 0. The maximum Gasteiger partial charge on any atom is 0.306 e. The summed E-state index contributed by atoms with van der Waals surface area (Å²) in [6, 6.07) is 0. The molecule has 0 aliphatic heterocycles. The Morgan fingerprint density at radius 3 is 0.915 bits per heavy atom. The first-order valence-electron chi connectivity index (χ1n) is 25.5. The molecule has 0 amide bonds. The highest BCUT2D eigenvalue weighted by Crippen LogP contribution is 2.14. The molecule has 6 heteroatoms. The number of unbranched alkanes of at least 4 members (excludes halogenated alkanes) is 29. The van der Waals surface area contributed by atoms with Crippen molar-refractivity contribution in [3.05, 3.63) is 36.5 Å². The van der Waals surface area contributed by atoms with Gasteiger partial charge in [0.25, 0.3) is 0 Å². The molecular weight excluding hydrogens is 733 g/mol. The third kappa shape index (κ3) is 46.5. The Kier molecular flexibility index (Phi) is 46.4.